The van der Waals surface area contributed by atoms with E-state index in [0.717, 1.165) is 16.8 Å². The number of rotatable bonds is 3. The Morgan fingerprint density at radius 3 is 2.61 bits per heavy atom. The molecule has 1 aromatic carbocycles. The van der Waals surface area contributed by atoms with E-state index in [-0.39, 0.29) is 17.8 Å². The molecule has 1 heterocycles. The molecule has 0 aliphatic carbocycles. The highest BCUT2D eigenvalue weighted by Crippen LogP contribution is 2.29. The minimum atomic E-state index is -0.228. The Bertz CT molecular complexity index is 525. The van der Waals surface area contributed by atoms with Gasteiger partial charge >= 0.3 is 0 Å². The van der Waals surface area contributed by atoms with Crippen LogP contribution in [0.4, 0.5) is 4.39 Å². The number of nitrogens with zero attached hydrogens (tertiary/aromatic N) is 1. The Balaban J connectivity index is 2.28. The van der Waals surface area contributed by atoms with Crippen molar-refractivity contribution in [2.24, 2.45) is 5.73 Å². The Hall–Kier alpha value is -1.74. The number of nitrogens with two attached hydrogens (primary N) is 1. The molecule has 2 unspecified atom stereocenters. The van der Waals surface area contributed by atoms with E-state index in [9.17, 15) is 4.39 Å². The lowest BCUT2D eigenvalue weighted by Crippen LogP contribution is -2.19. The zero-order valence-electron chi connectivity index (χ0n) is 10.6. The average molecular weight is 244 g/mol. The lowest BCUT2D eigenvalue weighted by Gasteiger charge is -2.21. The molecule has 18 heavy (non-hydrogen) atoms. The molecular formula is C15H17FN2. The third kappa shape index (κ3) is 2.57. The predicted molar refractivity (Wildman–Crippen MR) is 70.7 cm³/mol. The summed E-state index contributed by atoms with van der Waals surface area (Å²) in [6.07, 6.45) is 1.76. The van der Waals surface area contributed by atoms with Gasteiger partial charge in [0.2, 0.25) is 0 Å². The molecule has 0 saturated carbocycles. The zero-order valence-corrected chi connectivity index (χ0v) is 10.6. The Kier molecular flexibility index (Phi) is 3.72. The Morgan fingerprint density at radius 2 is 2.00 bits per heavy atom. The van der Waals surface area contributed by atoms with E-state index >= 15 is 0 Å². The van der Waals surface area contributed by atoms with Crippen LogP contribution in [0.5, 0.6) is 0 Å². The normalized spacial score (nSPS) is 14.2. The molecule has 2 nitrogen and oxygen atoms in total. The van der Waals surface area contributed by atoms with Crippen LogP contribution in [0.3, 0.4) is 0 Å². The molecule has 0 saturated heterocycles. The van der Waals surface area contributed by atoms with Crippen LogP contribution in [0.25, 0.3) is 0 Å². The van der Waals surface area contributed by atoms with Crippen LogP contribution in [0.1, 0.15) is 35.7 Å². The topological polar surface area (TPSA) is 38.9 Å². The molecule has 0 spiro atoms. The highest BCUT2D eigenvalue weighted by atomic mass is 19.1. The molecule has 2 atom stereocenters. The molecule has 2 aromatic rings. The number of halogens is 1. The molecule has 0 radical (unpaired) electrons. The van der Waals surface area contributed by atoms with Gasteiger partial charge in [-0.25, -0.2) is 4.39 Å². The smallest absolute Gasteiger partial charge is 0.123 e. The van der Waals surface area contributed by atoms with Gasteiger partial charge in [-0.1, -0.05) is 19.1 Å². The molecule has 0 bridgehead atoms. The van der Waals surface area contributed by atoms with Gasteiger partial charge in [0.1, 0.15) is 5.82 Å². The van der Waals surface area contributed by atoms with Crippen LogP contribution >= 0.6 is 0 Å². The molecule has 0 aliphatic rings. The molecule has 1 aromatic heterocycles. The first kappa shape index (κ1) is 12.7. The van der Waals surface area contributed by atoms with E-state index < -0.39 is 0 Å². The first-order chi connectivity index (χ1) is 8.59. The maximum absolute atomic E-state index is 13.1. The first-order valence-corrected chi connectivity index (χ1v) is 6.02. The van der Waals surface area contributed by atoms with Crippen molar-refractivity contribution in [3.8, 4) is 0 Å². The van der Waals surface area contributed by atoms with Crippen LogP contribution in [-0.2, 0) is 0 Å². The van der Waals surface area contributed by atoms with E-state index in [1.54, 1.807) is 12.3 Å². The summed E-state index contributed by atoms with van der Waals surface area (Å²) in [7, 11) is 0. The summed E-state index contributed by atoms with van der Waals surface area (Å²) in [5.74, 6) is -0.135. The van der Waals surface area contributed by atoms with Crippen molar-refractivity contribution in [3.63, 3.8) is 0 Å². The minimum Gasteiger partial charge on any atom is -0.323 e. The van der Waals surface area contributed by atoms with Gasteiger partial charge < -0.3 is 5.73 Å². The zero-order chi connectivity index (χ0) is 13.1. The highest BCUT2D eigenvalue weighted by Gasteiger charge is 2.19. The van der Waals surface area contributed by atoms with Crippen molar-refractivity contribution in [1.29, 1.82) is 0 Å². The predicted octanol–water partition coefficient (Wildman–Crippen LogP) is 3.33. The lowest BCUT2D eigenvalue weighted by molar-refractivity contribution is 0.576. The fourth-order valence-electron chi connectivity index (χ4n) is 2.11. The van der Waals surface area contributed by atoms with Gasteiger partial charge in [-0.15, -0.1) is 0 Å². The Labute approximate surface area is 107 Å². The van der Waals surface area contributed by atoms with Crippen LogP contribution in [0.2, 0.25) is 0 Å². The van der Waals surface area contributed by atoms with Crippen molar-refractivity contribution >= 4 is 0 Å². The summed E-state index contributed by atoms with van der Waals surface area (Å²) in [5, 5.41) is 0. The lowest BCUT2D eigenvalue weighted by atomic mass is 9.90. The molecule has 0 amide bonds. The van der Waals surface area contributed by atoms with Crippen molar-refractivity contribution in [2.45, 2.75) is 25.8 Å². The summed E-state index contributed by atoms with van der Waals surface area (Å²) >= 11 is 0. The third-order valence-corrected chi connectivity index (χ3v) is 3.28. The maximum Gasteiger partial charge on any atom is 0.123 e. The van der Waals surface area contributed by atoms with Crippen molar-refractivity contribution < 1.29 is 4.39 Å². The standard InChI is InChI=1S/C15H17FN2/c1-10-9-12(16)6-7-13(10)15(17)11(2)14-5-3-4-8-18-14/h3-9,11,15H,17H2,1-2H3. The monoisotopic (exact) mass is 244 g/mol. The fraction of sp³-hybridized carbons (Fsp3) is 0.267. The van der Waals surface area contributed by atoms with Crippen molar-refractivity contribution in [2.75, 3.05) is 0 Å². The van der Waals surface area contributed by atoms with E-state index in [1.165, 1.54) is 12.1 Å². The summed E-state index contributed by atoms with van der Waals surface area (Å²) in [4.78, 5) is 4.32. The molecule has 94 valence electrons. The van der Waals surface area contributed by atoms with Gasteiger partial charge in [0.15, 0.2) is 0 Å². The van der Waals surface area contributed by atoms with Crippen molar-refractivity contribution in [3.05, 3.63) is 65.2 Å². The van der Waals surface area contributed by atoms with Gasteiger partial charge in [-0.05, 0) is 42.3 Å². The fourth-order valence-corrected chi connectivity index (χ4v) is 2.11. The molecule has 2 N–H and O–H groups in total. The summed E-state index contributed by atoms with van der Waals surface area (Å²) in [5.41, 5.74) is 9.06. The number of hydrogen-bond acceptors (Lipinski definition) is 2. The quantitative estimate of drug-likeness (QED) is 0.899. The van der Waals surface area contributed by atoms with Gasteiger partial charge in [0.05, 0.1) is 0 Å². The van der Waals surface area contributed by atoms with Gasteiger partial charge in [0, 0.05) is 23.9 Å². The van der Waals surface area contributed by atoms with Crippen LogP contribution in [0.15, 0.2) is 42.6 Å². The van der Waals surface area contributed by atoms with E-state index in [2.05, 4.69) is 4.98 Å². The summed E-state index contributed by atoms with van der Waals surface area (Å²) in [6, 6.07) is 10.3. The van der Waals surface area contributed by atoms with Gasteiger partial charge in [-0.2, -0.15) is 0 Å². The number of aromatic nitrogens is 1. The second-order valence-electron chi connectivity index (χ2n) is 4.57. The Morgan fingerprint density at radius 1 is 1.22 bits per heavy atom. The second kappa shape index (κ2) is 5.27. The number of aryl methyl sites for hydroxylation is 1. The van der Waals surface area contributed by atoms with Gasteiger partial charge in [0.25, 0.3) is 0 Å². The van der Waals surface area contributed by atoms with Crippen LogP contribution in [0, 0.1) is 12.7 Å². The van der Waals surface area contributed by atoms with Gasteiger partial charge in [-0.3, -0.25) is 4.98 Å². The summed E-state index contributed by atoms with van der Waals surface area (Å²) in [6.45, 7) is 3.92. The molecule has 3 heteroatoms. The van der Waals surface area contributed by atoms with E-state index in [1.807, 2.05) is 32.0 Å². The minimum absolute atomic E-state index is 0.0929. The average Bonchev–Trinajstić information content (AvgIpc) is 2.38. The maximum atomic E-state index is 13.1. The number of hydrogen-bond donors (Lipinski definition) is 1. The molecular weight excluding hydrogens is 227 g/mol. The van der Waals surface area contributed by atoms with Crippen molar-refractivity contribution in [1.82, 2.24) is 4.98 Å². The molecule has 0 fully saturated rings. The van der Waals surface area contributed by atoms with E-state index in [0.29, 0.717) is 0 Å². The number of pyridine rings is 1. The first-order valence-electron chi connectivity index (χ1n) is 6.02. The summed E-state index contributed by atoms with van der Waals surface area (Å²) < 4.78 is 13.1. The van der Waals surface area contributed by atoms with Crippen LogP contribution < -0.4 is 5.73 Å². The molecule has 2 rings (SSSR count). The third-order valence-electron chi connectivity index (χ3n) is 3.28. The highest BCUT2D eigenvalue weighted by molar-refractivity contribution is 5.31. The van der Waals surface area contributed by atoms with Crippen LogP contribution in [-0.4, -0.2) is 4.98 Å². The largest absolute Gasteiger partial charge is 0.323 e. The number of benzene rings is 1. The van der Waals surface area contributed by atoms with E-state index in [4.69, 9.17) is 5.73 Å². The SMILES string of the molecule is Cc1cc(F)ccc1C(N)C(C)c1ccccn1. The molecule has 0 aliphatic heterocycles. The second-order valence-corrected chi connectivity index (χ2v) is 4.57.